The topological polar surface area (TPSA) is 25.6 Å². The highest BCUT2D eigenvalue weighted by Crippen LogP contribution is 2.49. The Balaban J connectivity index is 1.77. The number of rotatable bonds is 5. The average Bonchev–Trinajstić information content (AvgIpc) is 3.16. The van der Waals surface area contributed by atoms with E-state index in [1.807, 2.05) is 12.1 Å². The van der Waals surface area contributed by atoms with Crippen molar-refractivity contribution in [3.63, 3.8) is 0 Å². The maximum absolute atomic E-state index is 6.80. The molecule has 0 bridgehead atoms. The van der Waals surface area contributed by atoms with Crippen LogP contribution in [-0.4, -0.2) is 0 Å². The third-order valence-corrected chi connectivity index (χ3v) is 5.94. The fraction of sp³-hybridized carbons (Fsp3) is 0.214. The van der Waals surface area contributed by atoms with E-state index >= 15 is 0 Å². The lowest BCUT2D eigenvalue weighted by Gasteiger charge is -2.41. The molecule has 3 nitrogen and oxygen atoms in total. The van der Waals surface area contributed by atoms with Crippen molar-refractivity contribution in [1.82, 2.24) is 0 Å². The van der Waals surface area contributed by atoms with Crippen LogP contribution in [0.25, 0.3) is 0 Å². The third-order valence-electron chi connectivity index (χ3n) is 5.94. The third kappa shape index (κ3) is 3.55. The van der Waals surface area contributed by atoms with E-state index in [2.05, 4.69) is 97.8 Å². The minimum absolute atomic E-state index is 0.0717. The van der Waals surface area contributed by atoms with E-state index in [4.69, 9.17) is 9.25 Å². The summed E-state index contributed by atoms with van der Waals surface area (Å²) in [5, 5.41) is 2.07. The predicted molar refractivity (Wildman–Crippen MR) is 124 cm³/mol. The summed E-state index contributed by atoms with van der Waals surface area (Å²) < 4.78 is 6.39. The molecule has 0 N–H and O–H groups in total. The Hall–Kier alpha value is -3.30. The van der Waals surface area contributed by atoms with Gasteiger partial charge in [-0.2, -0.15) is 0 Å². The minimum Gasteiger partial charge on any atom is -0.466 e. The summed E-state index contributed by atoms with van der Waals surface area (Å²) in [6, 6.07) is 31.3. The Morgan fingerprint density at radius 2 is 1.32 bits per heavy atom. The number of benzene rings is 3. The molecule has 0 saturated heterocycles. The SMILES string of the molecule is CCCc1oc(C)c2c1[C@@H](c1ccccc1)N(c1ccccc1)O[C@H]2c1ccccc1. The first-order valence-corrected chi connectivity index (χ1v) is 11.0. The quantitative estimate of drug-likeness (QED) is 0.349. The van der Waals surface area contributed by atoms with Crippen LogP contribution in [0.5, 0.6) is 0 Å². The van der Waals surface area contributed by atoms with Crippen molar-refractivity contribution in [1.29, 1.82) is 0 Å². The van der Waals surface area contributed by atoms with E-state index in [-0.39, 0.29) is 12.1 Å². The first kappa shape index (κ1) is 19.7. The van der Waals surface area contributed by atoms with Gasteiger partial charge in [-0.1, -0.05) is 85.8 Å². The first-order valence-electron chi connectivity index (χ1n) is 11.0. The van der Waals surface area contributed by atoms with Crippen LogP contribution in [0, 0.1) is 6.92 Å². The van der Waals surface area contributed by atoms with E-state index in [0.29, 0.717) is 0 Å². The zero-order valence-electron chi connectivity index (χ0n) is 18.0. The normalized spacial score (nSPS) is 18.1. The second-order valence-corrected chi connectivity index (χ2v) is 8.03. The van der Waals surface area contributed by atoms with Crippen molar-refractivity contribution < 1.29 is 9.25 Å². The lowest BCUT2D eigenvalue weighted by molar-refractivity contribution is 0.0304. The molecule has 0 aliphatic carbocycles. The van der Waals surface area contributed by atoms with Gasteiger partial charge in [-0.05, 0) is 36.6 Å². The number of para-hydroxylation sites is 1. The second-order valence-electron chi connectivity index (χ2n) is 8.03. The summed E-state index contributed by atoms with van der Waals surface area (Å²) in [6.45, 7) is 4.27. The van der Waals surface area contributed by atoms with Crippen LogP contribution in [-0.2, 0) is 11.3 Å². The standard InChI is InChI=1S/C28H27NO2/c1-3-13-24-26-25(20(2)30-24)28(22-16-9-5-10-17-22)31-29(23-18-11-6-12-19-23)27(26)21-14-7-4-8-15-21/h4-12,14-19,27-28H,3,13H2,1-2H3/t27-,28+/m1/s1. The maximum atomic E-state index is 6.80. The van der Waals surface area contributed by atoms with Crippen molar-refractivity contribution in [2.75, 3.05) is 5.06 Å². The van der Waals surface area contributed by atoms with Crippen molar-refractivity contribution in [3.05, 3.63) is 125 Å². The molecule has 2 atom stereocenters. The molecule has 4 aromatic rings. The zero-order valence-corrected chi connectivity index (χ0v) is 18.0. The van der Waals surface area contributed by atoms with Crippen molar-refractivity contribution in [2.45, 2.75) is 38.8 Å². The Labute approximate surface area is 183 Å². The van der Waals surface area contributed by atoms with Crippen LogP contribution in [0.3, 0.4) is 0 Å². The fourth-order valence-electron chi connectivity index (χ4n) is 4.59. The highest BCUT2D eigenvalue weighted by molar-refractivity contribution is 5.56. The summed E-state index contributed by atoms with van der Waals surface area (Å²) in [5.74, 6) is 2.01. The lowest BCUT2D eigenvalue weighted by atomic mass is 9.87. The largest absolute Gasteiger partial charge is 0.466 e. The highest BCUT2D eigenvalue weighted by atomic mass is 16.7. The number of hydrogen-bond acceptors (Lipinski definition) is 3. The van der Waals surface area contributed by atoms with E-state index in [1.165, 1.54) is 11.1 Å². The van der Waals surface area contributed by atoms with E-state index in [1.54, 1.807) is 0 Å². The van der Waals surface area contributed by atoms with Gasteiger partial charge in [0.05, 0.1) is 5.69 Å². The molecular formula is C28H27NO2. The van der Waals surface area contributed by atoms with Crippen LogP contribution in [0.4, 0.5) is 5.69 Å². The van der Waals surface area contributed by atoms with Gasteiger partial charge in [0, 0.05) is 17.5 Å². The van der Waals surface area contributed by atoms with Gasteiger partial charge >= 0.3 is 0 Å². The van der Waals surface area contributed by atoms with Crippen molar-refractivity contribution in [2.24, 2.45) is 0 Å². The number of nitrogens with zero attached hydrogens (tertiary/aromatic N) is 1. The predicted octanol–water partition coefficient (Wildman–Crippen LogP) is 7.17. The van der Waals surface area contributed by atoms with Gasteiger partial charge in [-0.25, -0.2) is 5.06 Å². The van der Waals surface area contributed by atoms with Gasteiger partial charge in [0.15, 0.2) is 0 Å². The number of hydroxylamine groups is 1. The van der Waals surface area contributed by atoms with E-state index < -0.39 is 0 Å². The summed E-state index contributed by atoms with van der Waals surface area (Å²) >= 11 is 0. The number of fused-ring (bicyclic) bond motifs is 1. The molecule has 0 spiro atoms. The summed E-state index contributed by atoms with van der Waals surface area (Å²) in [4.78, 5) is 6.80. The number of hydrogen-bond donors (Lipinski definition) is 0. The molecule has 3 heteroatoms. The number of anilines is 1. The van der Waals surface area contributed by atoms with Gasteiger partial charge < -0.3 is 4.42 Å². The molecule has 1 aliphatic heterocycles. The van der Waals surface area contributed by atoms with Gasteiger partial charge in [0.25, 0.3) is 0 Å². The molecule has 5 rings (SSSR count). The van der Waals surface area contributed by atoms with Crippen molar-refractivity contribution in [3.8, 4) is 0 Å². The highest BCUT2D eigenvalue weighted by Gasteiger charge is 2.41. The Kier molecular flexibility index (Phi) is 5.35. The molecule has 31 heavy (non-hydrogen) atoms. The fourth-order valence-corrected chi connectivity index (χ4v) is 4.59. The van der Waals surface area contributed by atoms with Gasteiger partial charge in [0.2, 0.25) is 0 Å². The van der Waals surface area contributed by atoms with Crippen molar-refractivity contribution >= 4 is 5.69 Å². The summed E-state index contributed by atoms with van der Waals surface area (Å²) in [7, 11) is 0. The van der Waals surface area contributed by atoms with Crippen LogP contribution >= 0.6 is 0 Å². The number of aryl methyl sites for hydroxylation is 2. The maximum Gasteiger partial charge on any atom is 0.139 e. The molecule has 0 fully saturated rings. The Bertz CT molecular complexity index is 1140. The van der Waals surface area contributed by atoms with Gasteiger partial charge in [-0.15, -0.1) is 0 Å². The minimum atomic E-state index is -0.217. The molecule has 0 amide bonds. The monoisotopic (exact) mass is 409 g/mol. The Morgan fingerprint density at radius 1 is 0.742 bits per heavy atom. The van der Waals surface area contributed by atoms with E-state index in [0.717, 1.165) is 41.2 Å². The summed E-state index contributed by atoms with van der Waals surface area (Å²) in [6.07, 6.45) is 1.72. The van der Waals surface area contributed by atoms with Crippen LogP contribution in [0.1, 0.15) is 59.3 Å². The van der Waals surface area contributed by atoms with Crippen LogP contribution < -0.4 is 5.06 Å². The molecule has 3 aromatic carbocycles. The molecule has 0 unspecified atom stereocenters. The molecule has 2 heterocycles. The molecule has 1 aliphatic rings. The molecular weight excluding hydrogens is 382 g/mol. The lowest BCUT2D eigenvalue weighted by Crippen LogP contribution is -2.37. The van der Waals surface area contributed by atoms with Crippen LogP contribution in [0.2, 0.25) is 0 Å². The summed E-state index contributed by atoms with van der Waals surface area (Å²) in [5.41, 5.74) is 5.76. The Morgan fingerprint density at radius 3 is 1.94 bits per heavy atom. The molecule has 0 radical (unpaired) electrons. The molecule has 156 valence electrons. The molecule has 0 saturated carbocycles. The van der Waals surface area contributed by atoms with Crippen LogP contribution in [0.15, 0.2) is 95.4 Å². The van der Waals surface area contributed by atoms with E-state index in [9.17, 15) is 0 Å². The van der Waals surface area contributed by atoms with Gasteiger partial charge in [-0.3, -0.25) is 4.84 Å². The average molecular weight is 410 g/mol. The number of furan rings is 1. The first-order chi connectivity index (χ1) is 15.3. The molecule has 1 aromatic heterocycles. The van der Waals surface area contributed by atoms with Gasteiger partial charge in [0.1, 0.15) is 23.7 Å². The second kappa shape index (κ2) is 8.44. The zero-order chi connectivity index (χ0) is 21.2. The smallest absolute Gasteiger partial charge is 0.139 e.